The van der Waals surface area contributed by atoms with Crippen LogP contribution in [0.1, 0.15) is 53.4 Å². The van der Waals surface area contributed by atoms with Crippen molar-refractivity contribution in [3.63, 3.8) is 0 Å². The third-order valence-electron chi connectivity index (χ3n) is 4.28. The number of carbonyl (C=O) groups excluding carboxylic acids is 1. The Bertz CT molecular complexity index is 445. The molecule has 2 nitrogen and oxygen atoms in total. The molecule has 0 spiro atoms. The molecule has 98 valence electrons. The van der Waals surface area contributed by atoms with Crippen LogP contribution in [0.5, 0.6) is 0 Å². The summed E-state index contributed by atoms with van der Waals surface area (Å²) in [5.41, 5.74) is 2.39. The minimum absolute atomic E-state index is 0.293. The molecule has 0 bridgehead atoms. The summed E-state index contributed by atoms with van der Waals surface area (Å²) in [6.07, 6.45) is 7.15. The minimum Gasteiger partial charge on any atom is -0.339 e. The zero-order chi connectivity index (χ0) is 12.5. The highest BCUT2D eigenvalue weighted by Crippen LogP contribution is 2.33. The second kappa shape index (κ2) is 5.04. The Balaban J connectivity index is 1.82. The lowest BCUT2D eigenvalue weighted by molar-refractivity contribution is 0.0723. The first-order valence-electron chi connectivity index (χ1n) is 7.14. The molecule has 0 radical (unpaired) electrons. The van der Waals surface area contributed by atoms with Crippen molar-refractivity contribution in [2.45, 2.75) is 45.4 Å². The third-order valence-corrected chi connectivity index (χ3v) is 5.33. The fourth-order valence-corrected chi connectivity index (χ4v) is 4.36. The van der Waals surface area contributed by atoms with Crippen molar-refractivity contribution in [1.82, 2.24) is 4.90 Å². The Morgan fingerprint density at radius 3 is 2.89 bits per heavy atom. The molecule has 1 saturated heterocycles. The van der Waals surface area contributed by atoms with Crippen LogP contribution in [0.3, 0.4) is 0 Å². The summed E-state index contributed by atoms with van der Waals surface area (Å²) < 4.78 is 0. The lowest BCUT2D eigenvalue weighted by Gasteiger charge is -2.27. The van der Waals surface area contributed by atoms with Crippen LogP contribution in [0, 0.1) is 5.92 Å². The summed E-state index contributed by atoms with van der Waals surface area (Å²) in [6, 6.07) is 0. The zero-order valence-electron chi connectivity index (χ0n) is 11.1. The molecule has 2 heterocycles. The highest BCUT2D eigenvalue weighted by molar-refractivity contribution is 7.10. The lowest BCUT2D eigenvalue weighted by atomic mass is 9.88. The van der Waals surface area contributed by atoms with Crippen molar-refractivity contribution in [2.24, 2.45) is 5.92 Å². The van der Waals surface area contributed by atoms with Gasteiger partial charge in [0, 0.05) is 23.3 Å². The van der Waals surface area contributed by atoms with Gasteiger partial charge in [-0.2, -0.15) is 0 Å². The van der Waals surface area contributed by atoms with E-state index in [0.29, 0.717) is 5.91 Å². The molecule has 1 aliphatic heterocycles. The van der Waals surface area contributed by atoms with E-state index in [-0.39, 0.29) is 0 Å². The lowest BCUT2D eigenvalue weighted by Crippen LogP contribution is -2.36. The first kappa shape index (κ1) is 12.2. The molecule has 1 aromatic rings. The van der Waals surface area contributed by atoms with E-state index < -0.39 is 0 Å². The third kappa shape index (κ3) is 2.20. The van der Waals surface area contributed by atoms with E-state index in [2.05, 4.69) is 17.2 Å². The van der Waals surface area contributed by atoms with Crippen LogP contribution in [-0.4, -0.2) is 23.9 Å². The summed E-state index contributed by atoms with van der Waals surface area (Å²) >= 11 is 1.80. The van der Waals surface area contributed by atoms with Crippen molar-refractivity contribution >= 4 is 17.2 Å². The van der Waals surface area contributed by atoms with E-state index in [9.17, 15) is 4.79 Å². The maximum absolute atomic E-state index is 12.5. The van der Waals surface area contributed by atoms with Crippen LogP contribution in [-0.2, 0) is 12.8 Å². The number of thiophene rings is 1. The van der Waals surface area contributed by atoms with Gasteiger partial charge >= 0.3 is 0 Å². The molecule has 3 heteroatoms. The Morgan fingerprint density at radius 1 is 1.33 bits per heavy atom. The molecule has 1 aliphatic carbocycles. The van der Waals surface area contributed by atoms with Gasteiger partial charge in [-0.3, -0.25) is 4.79 Å². The van der Waals surface area contributed by atoms with E-state index in [1.807, 2.05) is 0 Å². The molecular formula is C15H21NOS. The molecule has 3 rings (SSSR count). The summed E-state index contributed by atoms with van der Waals surface area (Å²) in [7, 11) is 0. The summed E-state index contributed by atoms with van der Waals surface area (Å²) in [5.74, 6) is 1.08. The molecule has 1 aromatic heterocycles. The SMILES string of the molecule is C[C@@H]1CCc2c(C(=O)N3CCCCC3)csc2C1. The maximum Gasteiger partial charge on any atom is 0.254 e. The standard InChI is InChI=1S/C15H21NOS/c1-11-5-6-12-13(10-18-14(12)9-11)15(17)16-7-3-2-4-8-16/h10-11H,2-9H2,1H3/t11-/m1/s1. The van der Waals surface area contributed by atoms with E-state index in [1.54, 1.807) is 11.3 Å². The number of carbonyl (C=O) groups is 1. The predicted octanol–water partition coefficient (Wildman–Crippen LogP) is 3.50. The van der Waals surface area contributed by atoms with Gasteiger partial charge in [0.2, 0.25) is 0 Å². The van der Waals surface area contributed by atoms with Gasteiger partial charge in [0.1, 0.15) is 0 Å². The quantitative estimate of drug-likeness (QED) is 0.759. The van der Waals surface area contributed by atoms with Crippen LogP contribution >= 0.6 is 11.3 Å². The summed E-state index contributed by atoms with van der Waals surface area (Å²) in [4.78, 5) is 16.1. The van der Waals surface area contributed by atoms with E-state index in [0.717, 1.165) is 31.0 Å². The van der Waals surface area contributed by atoms with Crippen LogP contribution in [0.15, 0.2) is 5.38 Å². The smallest absolute Gasteiger partial charge is 0.254 e. The van der Waals surface area contributed by atoms with E-state index in [1.165, 1.54) is 42.5 Å². The Labute approximate surface area is 113 Å². The van der Waals surface area contributed by atoms with Gasteiger partial charge in [0.05, 0.1) is 5.56 Å². The number of rotatable bonds is 1. The zero-order valence-corrected chi connectivity index (χ0v) is 11.9. The average Bonchev–Trinajstić information content (AvgIpc) is 2.81. The van der Waals surface area contributed by atoms with Crippen molar-refractivity contribution in [3.05, 3.63) is 21.4 Å². The number of fused-ring (bicyclic) bond motifs is 1. The Hall–Kier alpha value is -0.830. The fourth-order valence-electron chi connectivity index (χ4n) is 3.12. The molecular weight excluding hydrogens is 242 g/mol. The van der Waals surface area contributed by atoms with Crippen molar-refractivity contribution < 1.29 is 4.79 Å². The van der Waals surface area contributed by atoms with Crippen molar-refractivity contribution in [3.8, 4) is 0 Å². The number of likely N-dealkylation sites (tertiary alicyclic amines) is 1. The predicted molar refractivity (Wildman–Crippen MR) is 75.3 cm³/mol. The average molecular weight is 263 g/mol. The topological polar surface area (TPSA) is 20.3 Å². The molecule has 1 fully saturated rings. The second-order valence-corrected chi connectivity index (χ2v) is 6.72. The molecule has 0 aromatic carbocycles. The first-order chi connectivity index (χ1) is 8.75. The maximum atomic E-state index is 12.5. The number of amides is 1. The van der Waals surface area contributed by atoms with Gasteiger partial charge in [-0.1, -0.05) is 6.92 Å². The Kier molecular flexibility index (Phi) is 3.42. The van der Waals surface area contributed by atoms with Gasteiger partial charge in [0.25, 0.3) is 5.91 Å². The van der Waals surface area contributed by atoms with Gasteiger partial charge in [0.15, 0.2) is 0 Å². The van der Waals surface area contributed by atoms with Crippen LogP contribution in [0.4, 0.5) is 0 Å². The molecule has 18 heavy (non-hydrogen) atoms. The molecule has 1 atom stereocenters. The fraction of sp³-hybridized carbons (Fsp3) is 0.667. The van der Waals surface area contributed by atoms with Crippen LogP contribution < -0.4 is 0 Å². The van der Waals surface area contributed by atoms with E-state index in [4.69, 9.17) is 0 Å². The number of hydrogen-bond donors (Lipinski definition) is 0. The number of hydrogen-bond acceptors (Lipinski definition) is 2. The van der Waals surface area contributed by atoms with Gasteiger partial charge < -0.3 is 4.90 Å². The van der Waals surface area contributed by atoms with Gasteiger partial charge in [-0.15, -0.1) is 11.3 Å². The van der Waals surface area contributed by atoms with Crippen molar-refractivity contribution in [1.29, 1.82) is 0 Å². The highest BCUT2D eigenvalue weighted by atomic mass is 32.1. The number of piperidine rings is 1. The van der Waals surface area contributed by atoms with Gasteiger partial charge in [-0.25, -0.2) is 0 Å². The molecule has 0 unspecified atom stereocenters. The second-order valence-electron chi connectivity index (χ2n) is 5.75. The normalized spacial score (nSPS) is 23.8. The van der Waals surface area contributed by atoms with E-state index >= 15 is 0 Å². The van der Waals surface area contributed by atoms with Crippen molar-refractivity contribution in [2.75, 3.05) is 13.1 Å². The Morgan fingerprint density at radius 2 is 2.11 bits per heavy atom. The molecule has 0 N–H and O–H groups in total. The van der Waals surface area contributed by atoms with Crippen LogP contribution in [0.25, 0.3) is 0 Å². The minimum atomic E-state index is 0.293. The monoisotopic (exact) mass is 263 g/mol. The number of nitrogens with zero attached hydrogens (tertiary/aromatic N) is 1. The largest absolute Gasteiger partial charge is 0.339 e. The molecule has 0 saturated carbocycles. The first-order valence-corrected chi connectivity index (χ1v) is 8.02. The van der Waals surface area contributed by atoms with Gasteiger partial charge in [-0.05, 0) is 50.0 Å². The highest BCUT2D eigenvalue weighted by Gasteiger charge is 2.26. The summed E-state index contributed by atoms with van der Waals surface area (Å²) in [6.45, 7) is 4.23. The summed E-state index contributed by atoms with van der Waals surface area (Å²) in [5, 5.41) is 2.11. The van der Waals surface area contributed by atoms with Crippen LogP contribution in [0.2, 0.25) is 0 Å². The molecule has 2 aliphatic rings. The molecule has 1 amide bonds.